The maximum absolute atomic E-state index is 12.9. The summed E-state index contributed by atoms with van der Waals surface area (Å²) in [6.07, 6.45) is 0. The number of carbonyl (C=O) groups excluding carboxylic acids is 2. The molecule has 0 aliphatic rings. The molecule has 0 unspecified atom stereocenters. The Hall–Kier alpha value is -3.53. The molecule has 1 amide bonds. The lowest BCUT2D eigenvalue weighted by atomic mass is 10.1. The van der Waals surface area contributed by atoms with Crippen LogP contribution in [0.1, 0.15) is 34.6 Å². The molecular formula is C23H22BrNO8. The number of halogens is 1. The van der Waals surface area contributed by atoms with Gasteiger partial charge < -0.3 is 28.7 Å². The average molecular weight is 520 g/mol. The van der Waals surface area contributed by atoms with E-state index in [1.54, 1.807) is 19.9 Å². The second-order valence-electron chi connectivity index (χ2n) is 7.17. The van der Waals surface area contributed by atoms with Crippen molar-refractivity contribution in [2.24, 2.45) is 0 Å². The molecule has 10 heteroatoms. The SMILES string of the molecule is COc1cc(C(=O)Oc2ccc3cc(C(=O)NC(C)C)c(=O)oc3c2)c(Br)c(OC)c1OC. The van der Waals surface area contributed by atoms with Crippen molar-refractivity contribution in [3.05, 3.63) is 56.4 Å². The number of rotatable bonds is 7. The Balaban J connectivity index is 1.95. The lowest BCUT2D eigenvalue weighted by Gasteiger charge is -2.16. The maximum Gasteiger partial charge on any atom is 0.349 e. The molecule has 0 atom stereocenters. The topological polar surface area (TPSA) is 113 Å². The van der Waals surface area contributed by atoms with Gasteiger partial charge in [-0.3, -0.25) is 4.79 Å². The minimum Gasteiger partial charge on any atom is -0.493 e. The van der Waals surface area contributed by atoms with Gasteiger partial charge in [0.25, 0.3) is 5.91 Å². The van der Waals surface area contributed by atoms with Gasteiger partial charge in [-0.05, 0) is 54.0 Å². The summed E-state index contributed by atoms with van der Waals surface area (Å²) in [5.74, 6) is -0.246. The fourth-order valence-corrected chi connectivity index (χ4v) is 3.70. The minimum atomic E-state index is -0.795. The first kappa shape index (κ1) is 24.1. The third-order valence-electron chi connectivity index (χ3n) is 4.57. The van der Waals surface area contributed by atoms with Gasteiger partial charge in [0.1, 0.15) is 16.9 Å². The molecule has 2 aromatic carbocycles. The van der Waals surface area contributed by atoms with E-state index in [2.05, 4.69) is 21.2 Å². The lowest BCUT2D eigenvalue weighted by molar-refractivity contribution is 0.0732. The van der Waals surface area contributed by atoms with Crippen molar-refractivity contribution >= 4 is 38.8 Å². The third kappa shape index (κ3) is 4.95. The fourth-order valence-electron chi connectivity index (χ4n) is 3.08. The molecule has 0 saturated heterocycles. The zero-order chi connectivity index (χ0) is 24.3. The number of carbonyl (C=O) groups is 2. The van der Waals surface area contributed by atoms with E-state index in [4.69, 9.17) is 23.4 Å². The number of amides is 1. The molecule has 1 aromatic heterocycles. The van der Waals surface area contributed by atoms with Gasteiger partial charge in [0.2, 0.25) is 5.75 Å². The van der Waals surface area contributed by atoms with E-state index in [1.165, 1.54) is 45.6 Å². The Morgan fingerprint density at radius 2 is 1.67 bits per heavy atom. The molecule has 0 fully saturated rings. The van der Waals surface area contributed by atoms with Gasteiger partial charge in [0, 0.05) is 17.5 Å². The predicted octanol–water partition coefficient (Wildman–Crippen LogP) is 3.94. The Bertz CT molecular complexity index is 1280. The highest BCUT2D eigenvalue weighted by Gasteiger charge is 2.24. The second-order valence-corrected chi connectivity index (χ2v) is 7.96. The summed E-state index contributed by atoms with van der Waals surface area (Å²) in [6.45, 7) is 3.57. The molecule has 1 heterocycles. The van der Waals surface area contributed by atoms with Gasteiger partial charge >= 0.3 is 11.6 Å². The quantitative estimate of drug-likeness (QED) is 0.283. The first-order chi connectivity index (χ1) is 15.7. The molecule has 0 saturated carbocycles. The number of methoxy groups -OCH3 is 3. The van der Waals surface area contributed by atoms with E-state index in [-0.39, 0.29) is 40.0 Å². The van der Waals surface area contributed by atoms with Crippen molar-refractivity contribution in [2.75, 3.05) is 21.3 Å². The molecule has 3 aromatic rings. The Labute approximate surface area is 197 Å². The molecule has 174 valence electrons. The van der Waals surface area contributed by atoms with E-state index in [9.17, 15) is 14.4 Å². The van der Waals surface area contributed by atoms with E-state index in [1.807, 2.05) is 0 Å². The molecular weight excluding hydrogens is 498 g/mol. The Morgan fingerprint density at radius 3 is 2.27 bits per heavy atom. The standard InChI is InChI=1S/C23H22BrNO8/c1-11(2)25-21(26)15-8-12-6-7-13(9-16(12)33-23(15)28)32-22(27)14-10-17(29-3)19(30-4)20(31-5)18(14)24/h6-11H,1-5H3,(H,25,26). The molecule has 0 aliphatic heterocycles. The zero-order valence-electron chi connectivity index (χ0n) is 18.6. The van der Waals surface area contributed by atoms with Crippen LogP contribution in [-0.2, 0) is 0 Å². The van der Waals surface area contributed by atoms with Crippen LogP contribution >= 0.6 is 15.9 Å². The van der Waals surface area contributed by atoms with Gasteiger partial charge in [-0.1, -0.05) is 0 Å². The average Bonchev–Trinajstić information content (AvgIpc) is 2.77. The first-order valence-electron chi connectivity index (χ1n) is 9.79. The highest BCUT2D eigenvalue weighted by Crippen LogP contribution is 2.45. The summed E-state index contributed by atoms with van der Waals surface area (Å²) in [5, 5.41) is 3.15. The molecule has 33 heavy (non-hydrogen) atoms. The van der Waals surface area contributed by atoms with Gasteiger partial charge in [0.05, 0.1) is 31.4 Å². The maximum atomic E-state index is 12.9. The predicted molar refractivity (Wildman–Crippen MR) is 124 cm³/mol. The number of hydrogen-bond donors (Lipinski definition) is 1. The van der Waals surface area contributed by atoms with Crippen molar-refractivity contribution in [1.29, 1.82) is 0 Å². The highest BCUT2D eigenvalue weighted by atomic mass is 79.9. The largest absolute Gasteiger partial charge is 0.493 e. The van der Waals surface area contributed by atoms with E-state index in [0.29, 0.717) is 15.6 Å². The molecule has 1 N–H and O–H groups in total. The normalized spacial score (nSPS) is 10.8. The second kappa shape index (κ2) is 9.95. The summed E-state index contributed by atoms with van der Waals surface area (Å²) < 4.78 is 27.0. The van der Waals surface area contributed by atoms with Gasteiger partial charge in [-0.15, -0.1) is 0 Å². The molecule has 9 nitrogen and oxygen atoms in total. The minimum absolute atomic E-state index is 0.109. The summed E-state index contributed by atoms with van der Waals surface area (Å²) in [5.41, 5.74) is -0.610. The summed E-state index contributed by atoms with van der Waals surface area (Å²) in [7, 11) is 4.31. The number of ether oxygens (including phenoxy) is 4. The molecule has 0 bridgehead atoms. The van der Waals surface area contributed by atoms with Crippen LogP contribution in [0.3, 0.4) is 0 Å². The monoisotopic (exact) mass is 519 g/mol. The van der Waals surface area contributed by atoms with Crippen LogP contribution in [0.15, 0.2) is 44.0 Å². The van der Waals surface area contributed by atoms with Crippen LogP contribution in [0.4, 0.5) is 0 Å². The van der Waals surface area contributed by atoms with Crippen LogP contribution < -0.4 is 29.9 Å². The zero-order valence-corrected chi connectivity index (χ0v) is 20.2. The van der Waals surface area contributed by atoms with Crippen molar-refractivity contribution in [3.63, 3.8) is 0 Å². The molecule has 0 aliphatic carbocycles. The molecule has 0 radical (unpaired) electrons. The third-order valence-corrected chi connectivity index (χ3v) is 5.36. The van der Waals surface area contributed by atoms with Crippen molar-refractivity contribution in [3.8, 4) is 23.0 Å². The first-order valence-corrected chi connectivity index (χ1v) is 10.6. The number of benzene rings is 2. The summed E-state index contributed by atoms with van der Waals surface area (Å²) in [6, 6.07) is 7.25. The van der Waals surface area contributed by atoms with Crippen molar-refractivity contribution in [2.45, 2.75) is 19.9 Å². The smallest absolute Gasteiger partial charge is 0.349 e. The molecule has 0 spiro atoms. The van der Waals surface area contributed by atoms with E-state index >= 15 is 0 Å². The Kier molecular flexibility index (Phi) is 7.27. The fraction of sp³-hybridized carbons (Fsp3) is 0.261. The molecule has 3 rings (SSSR count). The number of fused-ring (bicyclic) bond motifs is 1. The van der Waals surface area contributed by atoms with Crippen molar-refractivity contribution in [1.82, 2.24) is 5.32 Å². The van der Waals surface area contributed by atoms with Gasteiger partial charge in [-0.25, -0.2) is 9.59 Å². The van der Waals surface area contributed by atoms with Crippen LogP contribution in [0, 0.1) is 0 Å². The van der Waals surface area contributed by atoms with Crippen LogP contribution in [0.5, 0.6) is 23.0 Å². The van der Waals surface area contributed by atoms with Gasteiger partial charge in [0.15, 0.2) is 11.5 Å². The van der Waals surface area contributed by atoms with Crippen LogP contribution in [-0.4, -0.2) is 39.2 Å². The summed E-state index contributed by atoms with van der Waals surface area (Å²) >= 11 is 3.34. The number of nitrogens with one attached hydrogen (secondary N) is 1. The Morgan fingerprint density at radius 1 is 0.970 bits per heavy atom. The van der Waals surface area contributed by atoms with E-state index in [0.717, 1.165) is 0 Å². The number of hydrogen-bond acceptors (Lipinski definition) is 8. The van der Waals surface area contributed by atoms with Crippen LogP contribution in [0.25, 0.3) is 11.0 Å². The lowest BCUT2D eigenvalue weighted by Crippen LogP contribution is -2.33. The number of esters is 1. The van der Waals surface area contributed by atoms with Crippen molar-refractivity contribution < 1.29 is 33.0 Å². The highest BCUT2D eigenvalue weighted by molar-refractivity contribution is 9.10. The summed E-state index contributed by atoms with van der Waals surface area (Å²) in [4.78, 5) is 37.3. The van der Waals surface area contributed by atoms with Gasteiger partial charge in [-0.2, -0.15) is 0 Å². The van der Waals surface area contributed by atoms with Crippen LogP contribution in [0.2, 0.25) is 0 Å². The van der Waals surface area contributed by atoms with E-state index < -0.39 is 17.5 Å².